The Morgan fingerprint density at radius 3 is 2.59 bits per heavy atom. The van der Waals surface area contributed by atoms with Gasteiger partial charge in [0.15, 0.2) is 10.8 Å². The van der Waals surface area contributed by atoms with Crippen molar-refractivity contribution in [2.24, 2.45) is 0 Å². The van der Waals surface area contributed by atoms with E-state index in [9.17, 15) is 4.79 Å². The number of anilines is 1. The molecule has 0 radical (unpaired) electrons. The minimum absolute atomic E-state index is 0.00730. The van der Waals surface area contributed by atoms with Gasteiger partial charge in [-0.15, -0.1) is 11.8 Å². The smallest absolute Gasteiger partial charge is 0.224 e. The summed E-state index contributed by atoms with van der Waals surface area (Å²) in [7, 11) is 0. The van der Waals surface area contributed by atoms with Gasteiger partial charge in [-0.25, -0.2) is 14.6 Å². The number of benzene rings is 1. The van der Waals surface area contributed by atoms with E-state index in [1.54, 1.807) is 18.0 Å². The van der Waals surface area contributed by atoms with Gasteiger partial charge in [-0.1, -0.05) is 51.6 Å². The SMILES string of the molecule is CCCNc1nc(SCC)nc2c1cnn2CCNC(=O)Cc1ccc(SC(C)C)cc1. The summed E-state index contributed by atoms with van der Waals surface area (Å²) < 4.78 is 1.84. The zero-order valence-corrected chi connectivity index (χ0v) is 20.9. The molecule has 2 heterocycles. The molecule has 0 fully saturated rings. The van der Waals surface area contributed by atoms with E-state index in [1.807, 2.05) is 28.6 Å². The molecule has 0 aliphatic heterocycles. The first kappa shape index (κ1) is 24.4. The third kappa shape index (κ3) is 6.87. The number of carbonyl (C=O) groups is 1. The van der Waals surface area contributed by atoms with Crippen molar-refractivity contribution in [1.29, 1.82) is 0 Å². The van der Waals surface area contributed by atoms with Gasteiger partial charge >= 0.3 is 0 Å². The Balaban J connectivity index is 1.59. The van der Waals surface area contributed by atoms with Crippen molar-refractivity contribution in [1.82, 2.24) is 25.1 Å². The molecule has 0 aliphatic carbocycles. The molecule has 3 aromatic rings. The molecule has 1 amide bonds. The molecule has 9 heteroatoms. The van der Waals surface area contributed by atoms with Crippen molar-refractivity contribution in [2.45, 2.75) is 62.4 Å². The van der Waals surface area contributed by atoms with Gasteiger partial charge in [0.05, 0.1) is 24.5 Å². The van der Waals surface area contributed by atoms with Crippen molar-refractivity contribution < 1.29 is 4.79 Å². The predicted octanol–water partition coefficient (Wildman–Crippen LogP) is 4.62. The maximum Gasteiger partial charge on any atom is 0.224 e. The van der Waals surface area contributed by atoms with E-state index in [4.69, 9.17) is 0 Å². The van der Waals surface area contributed by atoms with Crippen LogP contribution in [0.1, 0.15) is 39.7 Å². The number of aromatic nitrogens is 4. The van der Waals surface area contributed by atoms with Crippen molar-refractivity contribution in [3.63, 3.8) is 0 Å². The molecular formula is C23H32N6OS2. The lowest BCUT2D eigenvalue weighted by Crippen LogP contribution is -2.28. The van der Waals surface area contributed by atoms with Crippen LogP contribution in [0.4, 0.5) is 5.82 Å². The molecule has 2 aromatic heterocycles. The molecule has 32 heavy (non-hydrogen) atoms. The normalized spacial score (nSPS) is 11.3. The Labute approximate surface area is 198 Å². The summed E-state index contributed by atoms with van der Waals surface area (Å²) in [6.45, 7) is 10.5. The van der Waals surface area contributed by atoms with Gasteiger partial charge in [0.1, 0.15) is 5.82 Å². The lowest BCUT2D eigenvalue weighted by atomic mass is 10.1. The van der Waals surface area contributed by atoms with Gasteiger partial charge in [0, 0.05) is 23.2 Å². The number of thioether (sulfide) groups is 2. The lowest BCUT2D eigenvalue weighted by molar-refractivity contribution is -0.120. The van der Waals surface area contributed by atoms with E-state index >= 15 is 0 Å². The van der Waals surface area contributed by atoms with E-state index in [1.165, 1.54) is 4.90 Å². The number of nitrogens with one attached hydrogen (secondary N) is 2. The summed E-state index contributed by atoms with van der Waals surface area (Å²) in [5.41, 5.74) is 1.81. The van der Waals surface area contributed by atoms with Crippen LogP contribution in [-0.2, 0) is 17.8 Å². The van der Waals surface area contributed by atoms with Crippen LogP contribution in [0, 0.1) is 0 Å². The van der Waals surface area contributed by atoms with E-state index in [0.717, 1.165) is 46.3 Å². The number of rotatable bonds is 12. The van der Waals surface area contributed by atoms with Crippen LogP contribution in [0.2, 0.25) is 0 Å². The van der Waals surface area contributed by atoms with Crippen molar-refractivity contribution >= 4 is 46.3 Å². The van der Waals surface area contributed by atoms with E-state index in [-0.39, 0.29) is 5.91 Å². The molecule has 2 N–H and O–H groups in total. The largest absolute Gasteiger partial charge is 0.369 e. The fourth-order valence-electron chi connectivity index (χ4n) is 3.18. The highest BCUT2D eigenvalue weighted by Crippen LogP contribution is 2.25. The summed E-state index contributed by atoms with van der Waals surface area (Å²) in [6.07, 6.45) is 3.19. The zero-order valence-electron chi connectivity index (χ0n) is 19.2. The molecule has 0 spiro atoms. The summed E-state index contributed by atoms with van der Waals surface area (Å²) in [5, 5.41) is 13.1. The average Bonchev–Trinajstić information content (AvgIpc) is 3.16. The number of fused-ring (bicyclic) bond motifs is 1. The van der Waals surface area contributed by atoms with Crippen LogP contribution in [0.25, 0.3) is 11.0 Å². The molecule has 0 saturated carbocycles. The molecule has 0 saturated heterocycles. The van der Waals surface area contributed by atoms with Crippen LogP contribution in [-0.4, -0.2) is 49.7 Å². The van der Waals surface area contributed by atoms with Gasteiger partial charge in [-0.05, 0) is 29.9 Å². The van der Waals surface area contributed by atoms with Crippen LogP contribution in [0.15, 0.2) is 40.5 Å². The molecule has 0 unspecified atom stereocenters. The van der Waals surface area contributed by atoms with Gasteiger partial charge in [0.2, 0.25) is 5.91 Å². The second-order valence-corrected chi connectivity index (χ2v) is 10.5. The highest BCUT2D eigenvalue weighted by Gasteiger charge is 2.13. The summed E-state index contributed by atoms with van der Waals surface area (Å²) >= 11 is 3.43. The highest BCUT2D eigenvalue weighted by molar-refractivity contribution is 8.00. The molecule has 172 valence electrons. The third-order valence-corrected chi connectivity index (χ3v) is 6.34. The Hall–Kier alpha value is -2.26. The Kier molecular flexibility index (Phi) is 9.23. The molecule has 7 nitrogen and oxygen atoms in total. The summed E-state index contributed by atoms with van der Waals surface area (Å²) in [4.78, 5) is 22.9. The Morgan fingerprint density at radius 1 is 1.12 bits per heavy atom. The van der Waals surface area contributed by atoms with Crippen LogP contribution >= 0.6 is 23.5 Å². The quantitative estimate of drug-likeness (QED) is 0.294. The number of carbonyl (C=O) groups excluding carboxylic acids is 1. The second kappa shape index (κ2) is 12.1. The maximum atomic E-state index is 12.4. The monoisotopic (exact) mass is 472 g/mol. The van der Waals surface area contributed by atoms with Gasteiger partial charge < -0.3 is 10.6 Å². The van der Waals surface area contributed by atoms with E-state index in [0.29, 0.717) is 24.8 Å². The van der Waals surface area contributed by atoms with E-state index in [2.05, 4.69) is 65.5 Å². The van der Waals surface area contributed by atoms with Crippen molar-refractivity contribution in [3.05, 3.63) is 36.0 Å². The second-order valence-electron chi connectivity index (χ2n) is 7.66. The first-order chi connectivity index (χ1) is 15.5. The molecule has 3 rings (SSSR count). The number of nitrogens with zero attached hydrogens (tertiary/aromatic N) is 4. The fraction of sp³-hybridized carbons (Fsp3) is 0.478. The number of hydrogen-bond acceptors (Lipinski definition) is 7. The van der Waals surface area contributed by atoms with Gasteiger partial charge in [-0.2, -0.15) is 5.10 Å². The fourth-order valence-corrected chi connectivity index (χ4v) is 4.58. The van der Waals surface area contributed by atoms with Crippen LogP contribution in [0.3, 0.4) is 0 Å². The van der Waals surface area contributed by atoms with Crippen molar-refractivity contribution in [3.8, 4) is 0 Å². The van der Waals surface area contributed by atoms with Gasteiger partial charge in [-0.3, -0.25) is 4.79 Å². The number of hydrogen-bond donors (Lipinski definition) is 2. The predicted molar refractivity (Wildman–Crippen MR) is 135 cm³/mol. The van der Waals surface area contributed by atoms with E-state index < -0.39 is 0 Å². The minimum atomic E-state index is 0.00730. The minimum Gasteiger partial charge on any atom is -0.369 e. The standard InChI is InChI=1S/C23H32N6OS2/c1-5-11-25-21-19-15-26-29(22(19)28-23(27-21)31-6-2)13-12-24-20(30)14-17-7-9-18(10-8-17)32-16(3)4/h7-10,15-16H,5-6,11-14H2,1-4H3,(H,24,30)(H,25,27,28). The van der Waals surface area contributed by atoms with Gasteiger partial charge in [0.25, 0.3) is 0 Å². The number of amides is 1. The zero-order chi connectivity index (χ0) is 22.9. The molecule has 1 aromatic carbocycles. The molecule has 0 aliphatic rings. The first-order valence-corrected chi connectivity index (χ1v) is 13.0. The third-order valence-electron chi connectivity index (χ3n) is 4.60. The Bertz CT molecular complexity index is 1020. The van der Waals surface area contributed by atoms with Crippen LogP contribution < -0.4 is 10.6 Å². The highest BCUT2D eigenvalue weighted by atomic mass is 32.2. The summed E-state index contributed by atoms with van der Waals surface area (Å²) in [5.74, 6) is 1.73. The molecule has 0 bridgehead atoms. The first-order valence-electron chi connectivity index (χ1n) is 11.1. The van der Waals surface area contributed by atoms with Crippen LogP contribution in [0.5, 0.6) is 0 Å². The summed E-state index contributed by atoms with van der Waals surface area (Å²) in [6, 6.07) is 8.22. The van der Waals surface area contributed by atoms with Crippen molar-refractivity contribution in [2.75, 3.05) is 24.2 Å². The molecular weight excluding hydrogens is 440 g/mol. The topological polar surface area (TPSA) is 84.7 Å². The maximum absolute atomic E-state index is 12.4. The molecule has 0 atom stereocenters. The Morgan fingerprint density at radius 2 is 1.91 bits per heavy atom. The lowest BCUT2D eigenvalue weighted by Gasteiger charge is -2.09. The average molecular weight is 473 g/mol.